The van der Waals surface area contributed by atoms with Crippen LogP contribution in [-0.4, -0.2) is 31.7 Å². The van der Waals surface area contributed by atoms with Crippen LogP contribution in [0.2, 0.25) is 5.02 Å². The van der Waals surface area contributed by atoms with Crippen molar-refractivity contribution in [2.75, 3.05) is 31.6 Å². The highest BCUT2D eigenvalue weighted by molar-refractivity contribution is 6.33. The third kappa shape index (κ3) is 5.17. The van der Waals surface area contributed by atoms with Crippen molar-refractivity contribution in [3.8, 4) is 0 Å². The third-order valence-corrected chi connectivity index (χ3v) is 2.97. The molecule has 7 heteroatoms. The van der Waals surface area contributed by atoms with E-state index in [0.29, 0.717) is 24.8 Å². The molecule has 1 heterocycles. The maximum Gasteiger partial charge on any atom is 0.417 e. The second kappa shape index (κ2) is 7.13. The van der Waals surface area contributed by atoms with E-state index < -0.39 is 11.7 Å². The predicted molar refractivity (Wildman–Crippen MR) is 75.2 cm³/mol. The molecule has 0 saturated carbocycles. The highest BCUT2D eigenvalue weighted by Gasteiger charge is 2.31. The van der Waals surface area contributed by atoms with E-state index in [2.05, 4.69) is 24.1 Å². The van der Waals surface area contributed by atoms with E-state index in [0.717, 1.165) is 18.8 Å². The molecule has 3 nitrogen and oxygen atoms in total. The molecule has 1 aromatic rings. The first-order valence-corrected chi connectivity index (χ1v) is 6.74. The summed E-state index contributed by atoms with van der Waals surface area (Å²) in [5.74, 6) is 0.902. The Labute approximate surface area is 122 Å². The maximum absolute atomic E-state index is 12.5. The number of hydrogen-bond donors (Lipinski definition) is 1. The molecule has 0 amide bonds. The van der Waals surface area contributed by atoms with Gasteiger partial charge in [0.1, 0.15) is 5.82 Å². The highest BCUT2D eigenvalue weighted by atomic mass is 35.5. The van der Waals surface area contributed by atoms with Crippen molar-refractivity contribution in [1.82, 2.24) is 10.3 Å². The smallest absolute Gasteiger partial charge is 0.357 e. The van der Waals surface area contributed by atoms with Gasteiger partial charge in [-0.05, 0) is 18.5 Å². The Hall–Kier alpha value is -1.01. The van der Waals surface area contributed by atoms with Gasteiger partial charge in [-0.2, -0.15) is 13.2 Å². The number of anilines is 1. The average Bonchev–Trinajstić information content (AvgIpc) is 2.32. The summed E-state index contributed by atoms with van der Waals surface area (Å²) in [4.78, 5) is 5.54. The summed E-state index contributed by atoms with van der Waals surface area (Å²) in [6, 6.07) is 0.905. The molecule has 0 unspecified atom stereocenters. The number of halogens is 4. The number of likely N-dealkylation sites (N-methyl/N-ethyl adjacent to an activating group) is 1. The number of aromatic nitrogens is 1. The van der Waals surface area contributed by atoms with Gasteiger partial charge in [-0.3, -0.25) is 0 Å². The molecular weight excluding hydrogens is 291 g/mol. The normalized spacial score (nSPS) is 12.0. The topological polar surface area (TPSA) is 28.2 Å². The summed E-state index contributed by atoms with van der Waals surface area (Å²) in [7, 11) is 1.75. The van der Waals surface area contributed by atoms with Gasteiger partial charge in [-0.25, -0.2) is 4.98 Å². The zero-order valence-electron chi connectivity index (χ0n) is 11.8. The van der Waals surface area contributed by atoms with Gasteiger partial charge < -0.3 is 10.2 Å². The Balaban J connectivity index is 2.63. The summed E-state index contributed by atoms with van der Waals surface area (Å²) in [5, 5.41) is 3.25. The molecule has 1 aromatic heterocycles. The average molecular weight is 310 g/mol. The lowest BCUT2D eigenvalue weighted by Crippen LogP contribution is -2.31. The fourth-order valence-corrected chi connectivity index (χ4v) is 1.92. The monoisotopic (exact) mass is 309 g/mol. The Bertz CT molecular complexity index is 435. The van der Waals surface area contributed by atoms with Crippen LogP contribution in [0.4, 0.5) is 19.0 Å². The second-order valence-electron chi connectivity index (χ2n) is 5.05. The number of nitrogens with one attached hydrogen (secondary N) is 1. The minimum absolute atomic E-state index is 0.00573. The van der Waals surface area contributed by atoms with Crippen molar-refractivity contribution in [1.29, 1.82) is 0 Å². The summed E-state index contributed by atoms with van der Waals surface area (Å²) < 4.78 is 37.5. The molecule has 0 bridgehead atoms. The Kier molecular flexibility index (Phi) is 6.07. The Morgan fingerprint density at radius 3 is 2.55 bits per heavy atom. The van der Waals surface area contributed by atoms with Crippen molar-refractivity contribution < 1.29 is 13.2 Å². The number of nitrogens with zero attached hydrogens (tertiary/aromatic N) is 2. The molecule has 1 rings (SSSR count). The van der Waals surface area contributed by atoms with Gasteiger partial charge in [0.05, 0.1) is 10.6 Å². The SMILES string of the molecule is CC(C)CNCCN(C)c1ncc(C(F)(F)F)cc1Cl. The zero-order chi connectivity index (χ0) is 15.3. The molecule has 0 radical (unpaired) electrons. The molecule has 114 valence electrons. The third-order valence-electron chi connectivity index (χ3n) is 2.69. The molecule has 0 aliphatic carbocycles. The van der Waals surface area contributed by atoms with E-state index >= 15 is 0 Å². The van der Waals surface area contributed by atoms with Crippen LogP contribution < -0.4 is 10.2 Å². The molecule has 0 aromatic carbocycles. The summed E-state index contributed by atoms with van der Waals surface area (Å²) in [6.45, 7) is 6.43. The van der Waals surface area contributed by atoms with Crippen molar-refractivity contribution in [2.45, 2.75) is 20.0 Å². The summed E-state index contributed by atoms with van der Waals surface area (Å²) >= 11 is 5.87. The Morgan fingerprint density at radius 1 is 1.40 bits per heavy atom. The number of rotatable bonds is 6. The first-order valence-electron chi connectivity index (χ1n) is 6.36. The van der Waals surface area contributed by atoms with Crippen LogP contribution in [0.5, 0.6) is 0 Å². The van der Waals surface area contributed by atoms with Gasteiger partial charge in [0, 0.05) is 26.3 Å². The molecule has 0 spiro atoms. The van der Waals surface area contributed by atoms with Crippen LogP contribution >= 0.6 is 11.6 Å². The van der Waals surface area contributed by atoms with E-state index in [1.165, 1.54) is 0 Å². The first-order chi connectivity index (χ1) is 9.21. The van der Waals surface area contributed by atoms with Crippen LogP contribution in [0.25, 0.3) is 0 Å². The van der Waals surface area contributed by atoms with Crippen LogP contribution in [0.1, 0.15) is 19.4 Å². The number of alkyl halides is 3. The fourth-order valence-electron chi connectivity index (χ4n) is 1.61. The lowest BCUT2D eigenvalue weighted by Gasteiger charge is -2.20. The molecular formula is C13H19ClF3N3. The van der Waals surface area contributed by atoms with Gasteiger partial charge in [-0.1, -0.05) is 25.4 Å². The van der Waals surface area contributed by atoms with Crippen molar-refractivity contribution in [3.05, 3.63) is 22.8 Å². The molecule has 0 aliphatic rings. The standard InChI is InChI=1S/C13H19ClF3N3/c1-9(2)7-18-4-5-20(3)12-11(14)6-10(8-19-12)13(15,16)17/h6,8-9,18H,4-5,7H2,1-3H3. The molecule has 0 fully saturated rings. The van der Waals surface area contributed by atoms with Crippen molar-refractivity contribution in [2.24, 2.45) is 5.92 Å². The zero-order valence-corrected chi connectivity index (χ0v) is 12.5. The number of pyridine rings is 1. The molecule has 0 aliphatic heterocycles. The van der Waals surface area contributed by atoms with Gasteiger partial charge in [0.15, 0.2) is 0 Å². The van der Waals surface area contributed by atoms with Crippen LogP contribution in [-0.2, 0) is 6.18 Å². The van der Waals surface area contributed by atoms with Gasteiger partial charge in [0.25, 0.3) is 0 Å². The van der Waals surface area contributed by atoms with Crippen molar-refractivity contribution in [3.63, 3.8) is 0 Å². The molecule has 1 N–H and O–H groups in total. The van der Waals surface area contributed by atoms with Gasteiger partial charge >= 0.3 is 6.18 Å². The summed E-state index contributed by atoms with van der Waals surface area (Å²) in [6.07, 6.45) is -3.62. The van der Waals surface area contributed by atoms with E-state index in [1.54, 1.807) is 11.9 Å². The van der Waals surface area contributed by atoms with Gasteiger partial charge in [-0.15, -0.1) is 0 Å². The molecule has 20 heavy (non-hydrogen) atoms. The van der Waals surface area contributed by atoms with E-state index in [-0.39, 0.29) is 5.02 Å². The lowest BCUT2D eigenvalue weighted by atomic mass is 10.2. The van der Waals surface area contributed by atoms with E-state index in [9.17, 15) is 13.2 Å². The highest BCUT2D eigenvalue weighted by Crippen LogP contribution is 2.33. The largest absolute Gasteiger partial charge is 0.417 e. The molecule has 0 saturated heterocycles. The fraction of sp³-hybridized carbons (Fsp3) is 0.615. The Morgan fingerprint density at radius 2 is 2.05 bits per heavy atom. The van der Waals surface area contributed by atoms with Crippen LogP contribution in [0.15, 0.2) is 12.3 Å². The predicted octanol–water partition coefficient (Wildman–Crippen LogP) is 3.44. The number of hydrogen-bond acceptors (Lipinski definition) is 3. The summed E-state index contributed by atoms with van der Waals surface area (Å²) in [5.41, 5.74) is -0.836. The second-order valence-corrected chi connectivity index (χ2v) is 5.45. The van der Waals surface area contributed by atoms with Gasteiger partial charge in [0.2, 0.25) is 0 Å². The lowest BCUT2D eigenvalue weighted by molar-refractivity contribution is -0.137. The minimum atomic E-state index is -4.42. The van der Waals surface area contributed by atoms with Crippen LogP contribution in [0, 0.1) is 5.92 Å². The quantitative estimate of drug-likeness (QED) is 0.816. The van der Waals surface area contributed by atoms with E-state index in [4.69, 9.17) is 11.6 Å². The minimum Gasteiger partial charge on any atom is -0.357 e. The van der Waals surface area contributed by atoms with E-state index in [1.807, 2.05) is 0 Å². The van der Waals surface area contributed by atoms with Crippen molar-refractivity contribution >= 4 is 17.4 Å². The maximum atomic E-state index is 12.5. The van der Waals surface area contributed by atoms with Crippen LogP contribution in [0.3, 0.4) is 0 Å². The molecule has 0 atom stereocenters. The first kappa shape index (κ1) is 17.0.